The smallest absolute Gasteiger partial charge is 0.347 e. The van der Waals surface area contributed by atoms with Crippen LogP contribution in [0, 0.1) is 12.7 Å². The Morgan fingerprint density at radius 3 is 2.85 bits per heavy atom. The average molecular weight is 313 g/mol. The maximum absolute atomic E-state index is 13.5. The molecule has 0 saturated heterocycles. The van der Waals surface area contributed by atoms with Gasteiger partial charge in [0.15, 0.2) is 15.9 Å². The van der Waals surface area contributed by atoms with E-state index in [2.05, 4.69) is 4.98 Å². The number of carbonyl (C=O) groups is 1. The lowest BCUT2D eigenvalue weighted by atomic mass is 10.2. The molecule has 1 N–H and O–H groups in total. The van der Waals surface area contributed by atoms with Crippen LogP contribution in [0.4, 0.5) is 4.39 Å². The molecule has 0 radical (unpaired) electrons. The van der Waals surface area contributed by atoms with E-state index < -0.39 is 11.8 Å². The number of carboxylic acid groups (broad SMARTS) is 1. The van der Waals surface area contributed by atoms with Crippen LogP contribution < -0.4 is 4.74 Å². The molecule has 106 valence electrons. The molecule has 1 aromatic heterocycles. The molecule has 0 saturated carbocycles. The van der Waals surface area contributed by atoms with Crippen molar-refractivity contribution in [2.45, 2.75) is 17.0 Å². The molecule has 1 aromatic carbocycles. The number of methoxy groups -OCH3 is 1. The number of aromatic carboxylic acids is 1. The van der Waals surface area contributed by atoms with Crippen molar-refractivity contribution in [2.24, 2.45) is 0 Å². The molecule has 20 heavy (non-hydrogen) atoms. The number of aromatic nitrogens is 1. The molecule has 2 aromatic rings. The minimum atomic E-state index is -0.970. The van der Waals surface area contributed by atoms with Crippen LogP contribution in [0.2, 0.25) is 0 Å². The van der Waals surface area contributed by atoms with Crippen LogP contribution >= 0.6 is 23.1 Å². The van der Waals surface area contributed by atoms with Gasteiger partial charge in [-0.1, -0.05) is 17.8 Å². The summed E-state index contributed by atoms with van der Waals surface area (Å²) in [6, 6.07) is 4.75. The van der Waals surface area contributed by atoms with Gasteiger partial charge in [-0.2, -0.15) is 0 Å². The number of thioether (sulfide) groups is 1. The Kier molecular flexibility index (Phi) is 4.61. The predicted octanol–water partition coefficient (Wildman–Crippen LogP) is 3.59. The standard InChI is InChI=1S/C13H12FNO3S2/c1-7-11(12(16)17)20-13(15-7)19-6-8-3-4-10(18-2)9(14)5-8/h3-5H,6H2,1-2H3,(H,16,17). The third-order valence-electron chi connectivity index (χ3n) is 2.55. The van der Waals surface area contributed by atoms with Gasteiger partial charge >= 0.3 is 5.97 Å². The van der Waals surface area contributed by atoms with Gasteiger partial charge in [-0.05, 0) is 24.6 Å². The third kappa shape index (κ3) is 3.29. The highest BCUT2D eigenvalue weighted by Crippen LogP contribution is 2.30. The summed E-state index contributed by atoms with van der Waals surface area (Å²) >= 11 is 2.52. The highest BCUT2D eigenvalue weighted by molar-refractivity contribution is 8.00. The van der Waals surface area contributed by atoms with E-state index in [0.717, 1.165) is 16.9 Å². The highest BCUT2D eigenvalue weighted by Gasteiger charge is 2.14. The zero-order valence-corrected chi connectivity index (χ0v) is 12.5. The van der Waals surface area contributed by atoms with Gasteiger partial charge in [0.05, 0.1) is 12.8 Å². The molecule has 2 rings (SSSR count). The lowest BCUT2D eigenvalue weighted by Crippen LogP contribution is -1.94. The Labute approximate surface area is 123 Å². The first-order valence-corrected chi connectivity index (χ1v) is 7.47. The van der Waals surface area contributed by atoms with Gasteiger partial charge in [0.25, 0.3) is 0 Å². The maximum Gasteiger partial charge on any atom is 0.347 e. The molecule has 0 bridgehead atoms. The van der Waals surface area contributed by atoms with E-state index in [1.54, 1.807) is 19.1 Å². The Morgan fingerprint density at radius 1 is 1.55 bits per heavy atom. The van der Waals surface area contributed by atoms with Crippen LogP contribution in [0.25, 0.3) is 0 Å². The van der Waals surface area contributed by atoms with Crippen LogP contribution in [0.3, 0.4) is 0 Å². The van der Waals surface area contributed by atoms with Crippen molar-refractivity contribution in [3.63, 3.8) is 0 Å². The second-order valence-electron chi connectivity index (χ2n) is 3.96. The Morgan fingerprint density at radius 2 is 2.30 bits per heavy atom. The van der Waals surface area contributed by atoms with Crippen molar-refractivity contribution >= 4 is 29.1 Å². The molecule has 0 atom stereocenters. The van der Waals surface area contributed by atoms with Crippen LogP contribution in [-0.2, 0) is 5.75 Å². The normalized spacial score (nSPS) is 10.6. The van der Waals surface area contributed by atoms with E-state index in [1.807, 2.05) is 0 Å². The summed E-state index contributed by atoms with van der Waals surface area (Å²) in [6.07, 6.45) is 0. The van der Waals surface area contributed by atoms with Gasteiger partial charge in [0.1, 0.15) is 4.88 Å². The number of carboxylic acids is 1. The largest absolute Gasteiger partial charge is 0.494 e. The summed E-state index contributed by atoms with van der Waals surface area (Å²) in [7, 11) is 1.42. The molecular formula is C13H12FNO3S2. The van der Waals surface area contributed by atoms with Gasteiger partial charge in [-0.15, -0.1) is 11.3 Å². The fourth-order valence-corrected chi connectivity index (χ4v) is 3.55. The Balaban J connectivity index is 2.07. The lowest BCUT2D eigenvalue weighted by Gasteiger charge is -2.04. The van der Waals surface area contributed by atoms with E-state index >= 15 is 0 Å². The summed E-state index contributed by atoms with van der Waals surface area (Å²) < 4.78 is 19.0. The number of hydrogen-bond acceptors (Lipinski definition) is 5. The number of ether oxygens (including phenoxy) is 1. The second-order valence-corrected chi connectivity index (χ2v) is 6.18. The number of nitrogens with zero attached hydrogens (tertiary/aromatic N) is 1. The molecule has 4 nitrogen and oxygen atoms in total. The number of aryl methyl sites for hydroxylation is 1. The van der Waals surface area contributed by atoms with Crippen LogP contribution in [0.1, 0.15) is 20.9 Å². The molecule has 0 unspecified atom stereocenters. The topological polar surface area (TPSA) is 59.4 Å². The number of benzene rings is 1. The fourth-order valence-electron chi connectivity index (χ4n) is 1.58. The molecule has 0 fully saturated rings. The van der Waals surface area contributed by atoms with Gasteiger partial charge in [0, 0.05) is 5.75 Å². The quantitative estimate of drug-likeness (QED) is 0.855. The van der Waals surface area contributed by atoms with E-state index in [1.165, 1.54) is 24.9 Å². The number of hydrogen-bond donors (Lipinski definition) is 1. The van der Waals surface area contributed by atoms with Crippen molar-refractivity contribution in [2.75, 3.05) is 7.11 Å². The highest BCUT2D eigenvalue weighted by atomic mass is 32.2. The molecule has 0 spiro atoms. The number of rotatable bonds is 5. The van der Waals surface area contributed by atoms with Crippen molar-refractivity contribution in [3.05, 3.63) is 40.2 Å². The van der Waals surface area contributed by atoms with E-state index in [9.17, 15) is 9.18 Å². The number of thiazole rings is 1. The summed E-state index contributed by atoms with van der Waals surface area (Å²) in [5.74, 6) is -0.654. The van der Waals surface area contributed by atoms with Crippen LogP contribution in [0.15, 0.2) is 22.5 Å². The van der Waals surface area contributed by atoms with E-state index in [4.69, 9.17) is 9.84 Å². The van der Waals surface area contributed by atoms with Crippen LogP contribution in [0.5, 0.6) is 5.75 Å². The molecule has 0 aliphatic rings. The SMILES string of the molecule is COc1ccc(CSc2nc(C)c(C(=O)O)s2)cc1F. The molecule has 0 aliphatic carbocycles. The minimum Gasteiger partial charge on any atom is -0.494 e. The molecule has 7 heteroatoms. The third-order valence-corrected chi connectivity index (χ3v) is 4.91. The molecule has 0 amide bonds. The van der Waals surface area contributed by atoms with Gasteiger partial charge in [0.2, 0.25) is 0 Å². The van der Waals surface area contributed by atoms with Gasteiger partial charge in [-0.25, -0.2) is 14.2 Å². The molecule has 1 heterocycles. The summed E-state index contributed by atoms with van der Waals surface area (Å²) in [5, 5.41) is 8.96. The van der Waals surface area contributed by atoms with Crippen molar-refractivity contribution in [1.29, 1.82) is 0 Å². The first kappa shape index (κ1) is 14.8. The zero-order valence-electron chi connectivity index (χ0n) is 10.8. The predicted molar refractivity (Wildman–Crippen MR) is 76.3 cm³/mol. The zero-order chi connectivity index (χ0) is 14.7. The summed E-state index contributed by atoms with van der Waals surface area (Å²) in [5.41, 5.74) is 1.30. The summed E-state index contributed by atoms with van der Waals surface area (Å²) in [4.78, 5) is 15.4. The Bertz CT molecular complexity index is 643. The summed E-state index contributed by atoms with van der Waals surface area (Å²) in [6.45, 7) is 1.66. The maximum atomic E-state index is 13.5. The Hall–Kier alpha value is -1.60. The molecular weight excluding hydrogens is 301 g/mol. The van der Waals surface area contributed by atoms with E-state index in [-0.39, 0.29) is 10.6 Å². The monoisotopic (exact) mass is 313 g/mol. The number of halogens is 1. The van der Waals surface area contributed by atoms with Crippen molar-refractivity contribution in [3.8, 4) is 5.75 Å². The van der Waals surface area contributed by atoms with Crippen molar-refractivity contribution < 1.29 is 19.0 Å². The van der Waals surface area contributed by atoms with Crippen LogP contribution in [-0.4, -0.2) is 23.2 Å². The molecule has 0 aliphatic heterocycles. The fraction of sp³-hybridized carbons (Fsp3) is 0.231. The second kappa shape index (κ2) is 6.23. The lowest BCUT2D eigenvalue weighted by molar-refractivity contribution is 0.0701. The van der Waals surface area contributed by atoms with Gasteiger partial charge in [-0.3, -0.25) is 0 Å². The van der Waals surface area contributed by atoms with Gasteiger partial charge < -0.3 is 9.84 Å². The van der Waals surface area contributed by atoms with Crippen molar-refractivity contribution in [1.82, 2.24) is 4.98 Å². The van der Waals surface area contributed by atoms with E-state index in [0.29, 0.717) is 15.8 Å². The average Bonchev–Trinajstić information content (AvgIpc) is 2.78. The minimum absolute atomic E-state index is 0.206. The first-order valence-electron chi connectivity index (χ1n) is 5.67. The first-order chi connectivity index (χ1) is 9.51.